The maximum absolute atomic E-state index is 13.4. The zero-order chi connectivity index (χ0) is 12.4. The molecule has 0 spiro atoms. The molecule has 2 aromatic rings. The van der Waals surface area contributed by atoms with E-state index in [1.54, 1.807) is 7.05 Å². The van der Waals surface area contributed by atoms with Crippen LogP contribution < -0.4 is 5.32 Å². The van der Waals surface area contributed by atoms with Crippen LogP contribution in [0, 0.1) is 17.5 Å². The zero-order valence-corrected chi connectivity index (χ0v) is 8.84. The van der Waals surface area contributed by atoms with Gasteiger partial charge in [-0.1, -0.05) is 0 Å². The second-order valence-electron chi connectivity index (χ2n) is 3.29. The van der Waals surface area contributed by atoms with Crippen LogP contribution in [0.2, 0.25) is 0 Å². The molecule has 17 heavy (non-hydrogen) atoms. The van der Waals surface area contributed by atoms with E-state index in [2.05, 4.69) is 15.3 Å². The van der Waals surface area contributed by atoms with Gasteiger partial charge in [0.25, 0.3) is 0 Å². The molecule has 1 N–H and O–H groups in total. The Kier molecular flexibility index (Phi) is 2.95. The van der Waals surface area contributed by atoms with Crippen molar-refractivity contribution < 1.29 is 13.2 Å². The minimum Gasteiger partial charge on any atom is -0.357 e. The van der Waals surface area contributed by atoms with Gasteiger partial charge < -0.3 is 5.32 Å². The Hall–Kier alpha value is -2.11. The fourth-order valence-electron chi connectivity index (χ4n) is 1.34. The predicted octanol–water partition coefficient (Wildman–Crippen LogP) is 2.60. The molecule has 2 rings (SSSR count). The number of nitrogens with zero attached hydrogens (tertiary/aromatic N) is 2. The van der Waals surface area contributed by atoms with Gasteiger partial charge in [-0.3, -0.25) is 0 Å². The number of rotatable bonds is 2. The van der Waals surface area contributed by atoms with Crippen LogP contribution in [-0.4, -0.2) is 17.0 Å². The van der Waals surface area contributed by atoms with Crippen LogP contribution in [0.5, 0.6) is 0 Å². The topological polar surface area (TPSA) is 37.8 Å². The molecule has 0 fully saturated rings. The van der Waals surface area contributed by atoms with Crippen molar-refractivity contribution in [1.82, 2.24) is 9.97 Å². The highest BCUT2D eigenvalue weighted by Crippen LogP contribution is 2.24. The molecule has 0 unspecified atom stereocenters. The number of aromatic nitrogens is 2. The summed E-state index contributed by atoms with van der Waals surface area (Å²) in [6, 6.07) is 1.28. The second kappa shape index (κ2) is 4.40. The molecule has 0 bridgehead atoms. The molecule has 0 amide bonds. The highest BCUT2D eigenvalue weighted by Gasteiger charge is 2.12. The Morgan fingerprint density at radius 1 is 0.941 bits per heavy atom. The van der Waals surface area contributed by atoms with Gasteiger partial charge in [-0.15, -0.1) is 0 Å². The van der Waals surface area contributed by atoms with Crippen molar-refractivity contribution in [2.75, 3.05) is 12.4 Å². The molecule has 88 valence electrons. The van der Waals surface area contributed by atoms with Crippen molar-refractivity contribution >= 4 is 5.95 Å². The fourth-order valence-corrected chi connectivity index (χ4v) is 1.34. The lowest BCUT2D eigenvalue weighted by molar-refractivity contribution is 0.496. The number of hydrogen-bond acceptors (Lipinski definition) is 3. The predicted molar refractivity (Wildman–Crippen MR) is 56.9 cm³/mol. The molecular weight excluding hydrogens is 231 g/mol. The third-order valence-corrected chi connectivity index (χ3v) is 2.20. The first-order valence-electron chi connectivity index (χ1n) is 4.76. The summed E-state index contributed by atoms with van der Waals surface area (Å²) in [5.41, 5.74) is 0.201. The Bertz CT molecular complexity index is 540. The van der Waals surface area contributed by atoms with Crippen LogP contribution in [-0.2, 0) is 0 Å². The highest BCUT2D eigenvalue weighted by atomic mass is 19.2. The monoisotopic (exact) mass is 239 g/mol. The summed E-state index contributed by atoms with van der Waals surface area (Å²) in [5.74, 6) is -2.83. The zero-order valence-electron chi connectivity index (χ0n) is 8.84. The van der Waals surface area contributed by atoms with E-state index in [1.807, 2.05) is 0 Å². The maximum atomic E-state index is 13.4. The largest absolute Gasteiger partial charge is 0.357 e. The van der Waals surface area contributed by atoms with E-state index in [0.717, 1.165) is 6.07 Å². The maximum Gasteiger partial charge on any atom is 0.222 e. The first kappa shape index (κ1) is 11.4. The lowest BCUT2D eigenvalue weighted by Gasteiger charge is -2.04. The van der Waals surface area contributed by atoms with E-state index in [1.165, 1.54) is 12.4 Å². The third kappa shape index (κ3) is 2.20. The first-order chi connectivity index (χ1) is 8.11. The van der Waals surface area contributed by atoms with Crippen molar-refractivity contribution in [1.29, 1.82) is 0 Å². The Balaban J connectivity index is 2.48. The van der Waals surface area contributed by atoms with Crippen LogP contribution in [0.25, 0.3) is 11.1 Å². The van der Waals surface area contributed by atoms with E-state index in [-0.39, 0.29) is 11.1 Å². The molecule has 0 aliphatic rings. The fraction of sp³-hybridized carbons (Fsp3) is 0.0909. The molecule has 1 heterocycles. The Morgan fingerprint density at radius 2 is 1.53 bits per heavy atom. The van der Waals surface area contributed by atoms with Crippen LogP contribution in [0.1, 0.15) is 0 Å². The molecule has 1 aromatic heterocycles. The standard InChI is InChI=1S/C11H8F3N3/c1-15-11-16-4-6(5-17-11)7-2-9(13)10(14)3-8(7)12/h2-5H,1H3,(H,15,16,17). The summed E-state index contributed by atoms with van der Waals surface area (Å²) in [6.45, 7) is 0. The van der Waals surface area contributed by atoms with Crippen LogP contribution in [0.3, 0.4) is 0 Å². The third-order valence-electron chi connectivity index (χ3n) is 2.20. The SMILES string of the molecule is CNc1ncc(-c2cc(F)c(F)cc2F)cn1. The Morgan fingerprint density at radius 3 is 2.12 bits per heavy atom. The highest BCUT2D eigenvalue weighted by molar-refractivity contribution is 5.62. The summed E-state index contributed by atoms with van der Waals surface area (Å²) >= 11 is 0. The number of anilines is 1. The minimum absolute atomic E-state index is 0.0773. The summed E-state index contributed by atoms with van der Waals surface area (Å²) in [7, 11) is 1.63. The van der Waals surface area contributed by atoms with Gasteiger partial charge in [0, 0.05) is 36.6 Å². The van der Waals surface area contributed by atoms with Crippen LogP contribution in [0.15, 0.2) is 24.5 Å². The molecular formula is C11H8F3N3. The minimum atomic E-state index is -1.22. The summed E-state index contributed by atoms with van der Waals surface area (Å²) in [6.07, 6.45) is 2.66. The normalized spacial score (nSPS) is 10.4. The van der Waals surface area contributed by atoms with E-state index in [0.29, 0.717) is 12.0 Å². The lowest BCUT2D eigenvalue weighted by atomic mass is 10.1. The van der Waals surface area contributed by atoms with E-state index < -0.39 is 17.5 Å². The van der Waals surface area contributed by atoms with Gasteiger partial charge in [0.05, 0.1) is 0 Å². The van der Waals surface area contributed by atoms with E-state index in [9.17, 15) is 13.2 Å². The van der Waals surface area contributed by atoms with Crippen LogP contribution in [0.4, 0.5) is 19.1 Å². The number of benzene rings is 1. The smallest absolute Gasteiger partial charge is 0.222 e. The van der Waals surface area contributed by atoms with Gasteiger partial charge in [0.15, 0.2) is 11.6 Å². The second-order valence-corrected chi connectivity index (χ2v) is 3.29. The van der Waals surface area contributed by atoms with Crippen molar-refractivity contribution in [3.05, 3.63) is 42.0 Å². The molecule has 6 heteroatoms. The lowest BCUT2D eigenvalue weighted by Crippen LogP contribution is -1.97. The molecule has 0 atom stereocenters. The molecule has 0 saturated carbocycles. The van der Waals surface area contributed by atoms with E-state index >= 15 is 0 Å². The molecule has 0 radical (unpaired) electrons. The molecule has 0 saturated heterocycles. The molecule has 3 nitrogen and oxygen atoms in total. The van der Waals surface area contributed by atoms with Crippen LogP contribution >= 0.6 is 0 Å². The summed E-state index contributed by atoms with van der Waals surface area (Å²) < 4.78 is 39.2. The van der Waals surface area contributed by atoms with Gasteiger partial charge in [0.1, 0.15) is 5.82 Å². The number of nitrogens with one attached hydrogen (secondary N) is 1. The van der Waals surface area contributed by atoms with Crippen molar-refractivity contribution in [2.45, 2.75) is 0 Å². The summed E-state index contributed by atoms with van der Waals surface area (Å²) in [4.78, 5) is 7.72. The molecule has 0 aliphatic heterocycles. The molecule has 0 aliphatic carbocycles. The van der Waals surface area contributed by atoms with Gasteiger partial charge >= 0.3 is 0 Å². The Labute approximate surface area is 95.3 Å². The number of hydrogen-bond donors (Lipinski definition) is 1. The van der Waals surface area contributed by atoms with Gasteiger partial charge in [-0.05, 0) is 6.07 Å². The number of halogens is 3. The van der Waals surface area contributed by atoms with Crippen molar-refractivity contribution in [3.63, 3.8) is 0 Å². The molecule has 1 aromatic carbocycles. The summed E-state index contributed by atoms with van der Waals surface area (Å²) in [5, 5.41) is 2.69. The quantitative estimate of drug-likeness (QED) is 0.818. The van der Waals surface area contributed by atoms with Gasteiger partial charge in [-0.25, -0.2) is 23.1 Å². The average Bonchev–Trinajstić information content (AvgIpc) is 2.34. The van der Waals surface area contributed by atoms with Gasteiger partial charge in [0.2, 0.25) is 5.95 Å². The van der Waals surface area contributed by atoms with Gasteiger partial charge in [-0.2, -0.15) is 0 Å². The van der Waals surface area contributed by atoms with Crippen molar-refractivity contribution in [3.8, 4) is 11.1 Å². The first-order valence-corrected chi connectivity index (χ1v) is 4.76. The van der Waals surface area contributed by atoms with Crippen molar-refractivity contribution in [2.24, 2.45) is 0 Å². The van der Waals surface area contributed by atoms with E-state index in [4.69, 9.17) is 0 Å². The average molecular weight is 239 g/mol.